The summed E-state index contributed by atoms with van der Waals surface area (Å²) in [6.45, 7) is 12.4. The van der Waals surface area contributed by atoms with Crippen LogP contribution in [0.2, 0.25) is 0 Å². The summed E-state index contributed by atoms with van der Waals surface area (Å²) in [5.74, 6) is 0.645. The second kappa shape index (κ2) is 13.2. The van der Waals surface area contributed by atoms with Gasteiger partial charge in [-0.15, -0.1) is 0 Å². The number of hydrogen-bond donors (Lipinski definition) is 0. The van der Waals surface area contributed by atoms with Gasteiger partial charge in [0, 0.05) is 58.9 Å². The Hall–Kier alpha value is -4.37. The molecule has 0 saturated carbocycles. The van der Waals surface area contributed by atoms with Crippen LogP contribution in [0.3, 0.4) is 0 Å². The van der Waals surface area contributed by atoms with Gasteiger partial charge in [-0.25, -0.2) is 0 Å². The predicted octanol–water partition coefficient (Wildman–Crippen LogP) is 10.5. The van der Waals surface area contributed by atoms with Crippen molar-refractivity contribution in [2.45, 2.75) is 66.3 Å². The molecular weight excluding hydrogens is 558 g/mol. The SMILES string of the molecule is CCc1ccc(-c2c3ccccc3c(/C=C3\N=C(C4C=CC(N5CCCCC5)=CC4C)C=C3c3ccccc3)n2CC)c(CC)c1. The Bertz CT molecular complexity index is 1890. The molecule has 4 aromatic rings. The molecule has 3 heteroatoms. The number of nitrogens with zero attached hydrogens (tertiary/aromatic N) is 3. The standard InChI is InChI=1S/C43H47N3/c1-5-31-20-22-36(32(6-2)27-31)43-38-19-13-12-18-37(38)42(46(43)7-3)29-41-39(33-16-10-8-11-17-33)28-40(44-41)35-23-21-34(26-30(35)4)45-24-14-9-15-25-45/h8,10-13,16-23,26-30,35H,5-7,9,14-15,24-25H2,1-4H3/b41-29-. The van der Waals surface area contributed by atoms with E-state index in [1.165, 1.54) is 88.0 Å². The van der Waals surface area contributed by atoms with Crippen molar-refractivity contribution in [1.29, 1.82) is 0 Å². The van der Waals surface area contributed by atoms with Gasteiger partial charge in [0.1, 0.15) is 0 Å². The minimum atomic E-state index is 0.257. The number of likely N-dealkylation sites (tertiary alicyclic amines) is 1. The van der Waals surface area contributed by atoms with E-state index in [1.54, 1.807) is 0 Å². The van der Waals surface area contributed by atoms with Crippen LogP contribution in [0.15, 0.2) is 113 Å². The summed E-state index contributed by atoms with van der Waals surface area (Å²) in [6.07, 6.45) is 18.0. The zero-order valence-corrected chi connectivity index (χ0v) is 28.0. The molecule has 2 unspecified atom stereocenters. The average molecular weight is 606 g/mol. The summed E-state index contributed by atoms with van der Waals surface area (Å²) in [5.41, 5.74) is 12.7. The third-order valence-corrected chi connectivity index (χ3v) is 10.3. The maximum atomic E-state index is 5.45. The fourth-order valence-corrected chi connectivity index (χ4v) is 7.74. The second-order valence-corrected chi connectivity index (χ2v) is 13.1. The Kier molecular flexibility index (Phi) is 8.67. The molecule has 0 N–H and O–H groups in total. The van der Waals surface area contributed by atoms with Crippen LogP contribution < -0.4 is 0 Å². The summed E-state index contributed by atoms with van der Waals surface area (Å²) in [4.78, 5) is 8.02. The fraction of sp³-hybridized carbons (Fsp3) is 0.326. The highest BCUT2D eigenvalue weighted by Crippen LogP contribution is 2.41. The molecule has 3 aliphatic rings. The zero-order valence-electron chi connectivity index (χ0n) is 28.0. The van der Waals surface area contributed by atoms with Crippen molar-refractivity contribution >= 4 is 28.1 Å². The van der Waals surface area contributed by atoms with E-state index < -0.39 is 0 Å². The molecule has 1 aliphatic carbocycles. The first-order chi connectivity index (χ1) is 22.6. The topological polar surface area (TPSA) is 20.5 Å². The van der Waals surface area contributed by atoms with E-state index >= 15 is 0 Å². The Morgan fingerprint density at radius 2 is 1.61 bits per heavy atom. The van der Waals surface area contributed by atoms with Crippen molar-refractivity contribution in [3.05, 3.63) is 131 Å². The molecule has 1 aromatic heterocycles. The first-order valence-electron chi connectivity index (χ1n) is 17.6. The van der Waals surface area contributed by atoms with E-state index in [0.29, 0.717) is 5.92 Å². The number of aromatic nitrogens is 1. The maximum absolute atomic E-state index is 5.45. The van der Waals surface area contributed by atoms with E-state index in [4.69, 9.17) is 4.99 Å². The maximum Gasteiger partial charge on any atom is 0.0733 e. The predicted molar refractivity (Wildman–Crippen MR) is 197 cm³/mol. The van der Waals surface area contributed by atoms with Gasteiger partial charge in [0.25, 0.3) is 0 Å². The van der Waals surface area contributed by atoms with Gasteiger partial charge in [-0.3, -0.25) is 4.99 Å². The number of rotatable bonds is 8. The quantitative estimate of drug-likeness (QED) is 0.196. The first-order valence-corrected chi connectivity index (χ1v) is 17.6. The molecule has 1 fully saturated rings. The van der Waals surface area contributed by atoms with Crippen molar-refractivity contribution < 1.29 is 0 Å². The van der Waals surface area contributed by atoms with Crippen LogP contribution >= 0.6 is 0 Å². The number of benzene rings is 3. The summed E-state index contributed by atoms with van der Waals surface area (Å²) in [6, 6.07) is 26.8. The van der Waals surface area contributed by atoms with Gasteiger partial charge in [0.15, 0.2) is 0 Å². The van der Waals surface area contributed by atoms with Crippen molar-refractivity contribution in [3.63, 3.8) is 0 Å². The summed E-state index contributed by atoms with van der Waals surface area (Å²) in [7, 11) is 0. The number of hydrogen-bond acceptors (Lipinski definition) is 2. The summed E-state index contributed by atoms with van der Waals surface area (Å²) >= 11 is 0. The third-order valence-electron chi connectivity index (χ3n) is 10.3. The smallest absolute Gasteiger partial charge is 0.0733 e. The van der Waals surface area contributed by atoms with Gasteiger partial charge in [0.05, 0.1) is 17.1 Å². The third kappa shape index (κ3) is 5.61. The molecule has 3 heterocycles. The van der Waals surface area contributed by atoms with Gasteiger partial charge >= 0.3 is 0 Å². The van der Waals surface area contributed by atoms with Crippen molar-refractivity contribution in [2.75, 3.05) is 13.1 Å². The highest BCUT2D eigenvalue weighted by atomic mass is 15.1. The Balaban J connectivity index is 1.35. The Labute approximate surface area is 275 Å². The number of allylic oxidation sites excluding steroid dienone is 5. The van der Waals surface area contributed by atoms with Crippen LogP contribution in [0.25, 0.3) is 33.7 Å². The lowest BCUT2D eigenvalue weighted by Gasteiger charge is -2.33. The zero-order chi connectivity index (χ0) is 31.6. The molecule has 0 spiro atoms. The summed E-state index contributed by atoms with van der Waals surface area (Å²) in [5, 5.41) is 2.59. The lowest BCUT2D eigenvalue weighted by Crippen LogP contribution is -2.31. The lowest BCUT2D eigenvalue weighted by atomic mass is 9.84. The number of piperidine rings is 1. The van der Waals surface area contributed by atoms with E-state index in [0.717, 1.165) is 30.8 Å². The van der Waals surface area contributed by atoms with Gasteiger partial charge in [-0.2, -0.15) is 0 Å². The normalized spacial score (nSPS) is 20.7. The first kappa shape index (κ1) is 30.3. The number of aryl methyl sites for hydroxylation is 2. The molecule has 1 saturated heterocycles. The van der Waals surface area contributed by atoms with Crippen molar-refractivity contribution in [1.82, 2.24) is 9.47 Å². The lowest BCUT2D eigenvalue weighted by molar-refractivity contribution is 0.289. The number of aliphatic imine (C=N–C) groups is 1. The van der Waals surface area contributed by atoms with E-state index in [9.17, 15) is 0 Å². The highest BCUT2D eigenvalue weighted by Gasteiger charge is 2.28. The molecular formula is C43H47N3. The van der Waals surface area contributed by atoms with E-state index in [2.05, 4.69) is 140 Å². The Morgan fingerprint density at radius 1 is 0.848 bits per heavy atom. The minimum Gasteiger partial charge on any atom is -0.372 e. The second-order valence-electron chi connectivity index (χ2n) is 13.1. The van der Waals surface area contributed by atoms with E-state index in [-0.39, 0.29) is 5.92 Å². The van der Waals surface area contributed by atoms with E-state index in [1.807, 2.05) is 0 Å². The molecule has 0 radical (unpaired) electrons. The Morgan fingerprint density at radius 3 is 2.33 bits per heavy atom. The monoisotopic (exact) mass is 605 g/mol. The van der Waals surface area contributed by atoms with Crippen LogP contribution in [0.5, 0.6) is 0 Å². The molecule has 3 aromatic carbocycles. The molecule has 3 nitrogen and oxygen atoms in total. The molecule has 46 heavy (non-hydrogen) atoms. The molecule has 2 atom stereocenters. The van der Waals surface area contributed by atoms with Gasteiger partial charge in [-0.1, -0.05) is 106 Å². The van der Waals surface area contributed by atoms with Gasteiger partial charge in [-0.05, 0) is 79.9 Å². The largest absolute Gasteiger partial charge is 0.372 e. The molecule has 0 amide bonds. The van der Waals surface area contributed by atoms with Gasteiger partial charge in [0.2, 0.25) is 0 Å². The van der Waals surface area contributed by atoms with Crippen LogP contribution in [-0.2, 0) is 19.4 Å². The molecule has 234 valence electrons. The molecule has 7 rings (SSSR count). The van der Waals surface area contributed by atoms with Crippen molar-refractivity contribution in [3.8, 4) is 11.3 Å². The molecule has 2 aliphatic heterocycles. The highest BCUT2D eigenvalue weighted by molar-refractivity contribution is 6.13. The average Bonchev–Trinajstić information content (AvgIpc) is 3.67. The number of fused-ring (bicyclic) bond motifs is 1. The van der Waals surface area contributed by atoms with Crippen molar-refractivity contribution in [2.24, 2.45) is 16.8 Å². The van der Waals surface area contributed by atoms with Crippen LogP contribution in [0, 0.1) is 11.8 Å². The fourth-order valence-electron chi connectivity index (χ4n) is 7.74. The molecule has 0 bridgehead atoms. The summed E-state index contributed by atoms with van der Waals surface area (Å²) < 4.78 is 2.52. The minimum absolute atomic E-state index is 0.257. The van der Waals surface area contributed by atoms with Crippen LogP contribution in [0.4, 0.5) is 0 Å². The van der Waals surface area contributed by atoms with Gasteiger partial charge < -0.3 is 9.47 Å². The van der Waals surface area contributed by atoms with Crippen LogP contribution in [-0.4, -0.2) is 28.3 Å². The van der Waals surface area contributed by atoms with Crippen LogP contribution in [0.1, 0.15) is 69.3 Å².